The van der Waals surface area contributed by atoms with Gasteiger partial charge in [-0.15, -0.1) is 0 Å². The molecular weight excluding hydrogens is 140 g/mol. The molecule has 3 nitrogen and oxygen atoms in total. The Labute approximate surface area is 66.0 Å². The third kappa shape index (κ3) is 1.77. The normalized spacial score (nSPS) is 9.55. The number of anilines is 2. The number of benzene rings is 1. The van der Waals surface area contributed by atoms with E-state index in [0.717, 1.165) is 0 Å². The van der Waals surface area contributed by atoms with Crippen molar-refractivity contribution >= 4 is 11.4 Å². The molecule has 0 aromatic heterocycles. The first-order chi connectivity index (χ1) is 5.24. The molecule has 0 saturated heterocycles. The molecular formula is C8H11N2O. The zero-order chi connectivity index (χ0) is 8.27. The molecule has 0 bridgehead atoms. The van der Waals surface area contributed by atoms with Crippen molar-refractivity contribution in [2.45, 2.75) is 0 Å². The van der Waals surface area contributed by atoms with E-state index in [2.05, 4.69) is 6.92 Å². The van der Waals surface area contributed by atoms with E-state index in [1.165, 1.54) is 0 Å². The Morgan fingerprint density at radius 1 is 1.27 bits per heavy atom. The molecule has 59 valence electrons. The zero-order valence-electron chi connectivity index (χ0n) is 6.21. The van der Waals surface area contributed by atoms with Crippen molar-refractivity contribution in [2.75, 3.05) is 18.1 Å². The molecule has 1 aromatic rings. The van der Waals surface area contributed by atoms with Crippen LogP contribution in [-0.4, -0.2) is 6.61 Å². The van der Waals surface area contributed by atoms with Crippen LogP contribution in [-0.2, 0) is 0 Å². The smallest absolute Gasteiger partial charge is 0.121 e. The van der Waals surface area contributed by atoms with Crippen LogP contribution in [0, 0.1) is 6.92 Å². The summed E-state index contributed by atoms with van der Waals surface area (Å²) >= 11 is 0. The van der Waals surface area contributed by atoms with E-state index in [4.69, 9.17) is 16.2 Å². The van der Waals surface area contributed by atoms with Gasteiger partial charge in [0.25, 0.3) is 0 Å². The minimum atomic E-state index is 0.392. The summed E-state index contributed by atoms with van der Waals surface area (Å²) in [5, 5.41) is 0. The Kier molecular flexibility index (Phi) is 2.21. The fourth-order valence-electron chi connectivity index (χ4n) is 0.760. The Balaban J connectivity index is 2.86. The summed E-state index contributed by atoms with van der Waals surface area (Å²) in [7, 11) is 0. The predicted octanol–water partition coefficient (Wildman–Crippen LogP) is 1.06. The second kappa shape index (κ2) is 3.14. The molecule has 0 aliphatic heterocycles. The number of nitrogen functional groups attached to an aromatic ring is 2. The SMILES string of the molecule is [CH2]COc1ccc(N)c(N)c1. The molecule has 1 radical (unpaired) electrons. The average Bonchev–Trinajstić information content (AvgIpc) is 1.98. The first-order valence-corrected chi connectivity index (χ1v) is 3.31. The van der Waals surface area contributed by atoms with E-state index in [1.54, 1.807) is 18.2 Å². The Hall–Kier alpha value is -1.38. The molecule has 0 saturated carbocycles. The van der Waals surface area contributed by atoms with Crippen molar-refractivity contribution in [3.8, 4) is 5.75 Å². The van der Waals surface area contributed by atoms with Gasteiger partial charge in [0, 0.05) is 6.07 Å². The molecule has 0 spiro atoms. The maximum absolute atomic E-state index is 5.53. The maximum atomic E-state index is 5.53. The highest BCUT2D eigenvalue weighted by Gasteiger charge is 1.95. The molecule has 0 unspecified atom stereocenters. The molecule has 0 heterocycles. The van der Waals surface area contributed by atoms with E-state index in [0.29, 0.717) is 23.7 Å². The van der Waals surface area contributed by atoms with Crippen molar-refractivity contribution in [3.05, 3.63) is 25.1 Å². The number of rotatable bonds is 2. The Morgan fingerprint density at radius 2 is 2.00 bits per heavy atom. The summed E-state index contributed by atoms with van der Waals surface area (Å²) in [5.41, 5.74) is 12.1. The monoisotopic (exact) mass is 151 g/mol. The van der Waals surface area contributed by atoms with Crippen LogP contribution >= 0.6 is 0 Å². The zero-order valence-corrected chi connectivity index (χ0v) is 6.21. The van der Waals surface area contributed by atoms with Crippen LogP contribution in [0.1, 0.15) is 0 Å². The van der Waals surface area contributed by atoms with E-state index >= 15 is 0 Å². The minimum Gasteiger partial charge on any atom is -0.494 e. The van der Waals surface area contributed by atoms with Crippen LogP contribution in [0.2, 0.25) is 0 Å². The summed E-state index contributed by atoms with van der Waals surface area (Å²) < 4.78 is 5.10. The second-order valence-corrected chi connectivity index (χ2v) is 2.14. The summed E-state index contributed by atoms with van der Waals surface area (Å²) in [6.45, 7) is 3.93. The molecule has 4 N–H and O–H groups in total. The first-order valence-electron chi connectivity index (χ1n) is 3.31. The highest BCUT2D eigenvalue weighted by molar-refractivity contribution is 5.65. The van der Waals surface area contributed by atoms with Gasteiger partial charge in [-0.25, -0.2) is 0 Å². The predicted molar refractivity (Wildman–Crippen MR) is 46.1 cm³/mol. The van der Waals surface area contributed by atoms with Crippen LogP contribution < -0.4 is 16.2 Å². The van der Waals surface area contributed by atoms with Gasteiger partial charge in [0.15, 0.2) is 0 Å². The second-order valence-electron chi connectivity index (χ2n) is 2.14. The summed E-state index contributed by atoms with van der Waals surface area (Å²) in [6, 6.07) is 5.15. The van der Waals surface area contributed by atoms with Gasteiger partial charge in [-0.05, 0) is 19.1 Å². The number of hydrogen-bond donors (Lipinski definition) is 2. The summed E-state index contributed by atoms with van der Waals surface area (Å²) in [4.78, 5) is 0. The third-order valence-corrected chi connectivity index (χ3v) is 1.33. The first kappa shape index (κ1) is 7.72. The third-order valence-electron chi connectivity index (χ3n) is 1.33. The maximum Gasteiger partial charge on any atom is 0.121 e. The standard InChI is InChI=1S/C8H11N2O/c1-2-11-6-3-4-7(9)8(10)5-6/h3-5H,1-2,9-10H2. The van der Waals surface area contributed by atoms with Gasteiger partial charge in [0.1, 0.15) is 5.75 Å². The average molecular weight is 151 g/mol. The van der Waals surface area contributed by atoms with Gasteiger partial charge in [0.05, 0.1) is 18.0 Å². The van der Waals surface area contributed by atoms with Crippen molar-refractivity contribution < 1.29 is 4.74 Å². The lowest BCUT2D eigenvalue weighted by atomic mass is 10.2. The Morgan fingerprint density at radius 3 is 2.55 bits per heavy atom. The largest absolute Gasteiger partial charge is 0.494 e. The number of hydrogen-bond acceptors (Lipinski definition) is 3. The number of nitrogens with two attached hydrogens (primary N) is 2. The van der Waals surface area contributed by atoms with Crippen molar-refractivity contribution in [2.24, 2.45) is 0 Å². The van der Waals surface area contributed by atoms with Gasteiger partial charge in [-0.1, -0.05) is 0 Å². The number of ether oxygens (including phenoxy) is 1. The van der Waals surface area contributed by atoms with Gasteiger partial charge >= 0.3 is 0 Å². The van der Waals surface area contributed by atoms with Crippen LogP contribution in [0.15, 0.2) is 18.2 Å². The molecule has 0 atom stereocenters. The molecule has 1 rings (SSSR count). The van der Waals surface area contributed by atoms with Crippen molar-refractivity contribution in [3.63, 3.8) is 0 Å². The van der Waals surface area contributed by atoms with E-state index in [9.17, 15) is 0 Å². The van der Waals surface area contributed by atoms with Gasteiger partial charge in [0.2, 0.25) is 0 Å². The fourth-order valence-corrected chi connectivity index (χ4v) is 0.760. The molecule has 0 fully saturated rings. The molecule has 0 amide bonds. The Bertz CT molecular complexity index is 248. The molecule has 0 aliphatic rings. The minimum absolute atomic E-state index is 0.392. The van der Waals surface area contributed by atoms with Crippen molar-refractivity contribution in [1.82, 2.24) is 0 Å². The molecule has 3 heteroatoms. The lowest BCUT2D eigenvalue weighted by Crippen LogP contribution is -1.96. The van der Waals surface area contributed by atoms with Gasteiger partial charge in [-0.3, -0.25) is 0 Å². The van der Waals surface area contributed by atoms with E-state index in [1.807, 2.05) is 0 Å². The lowest BCUT2D eigenvalue weighted by molar-refractivity contribution is 0.361. The highest BCUT2D eigenvalue weighted by atomic mass is 16.5. The van der Waals surface area contributed by atoms with E-state index in [-0.39, 0.29) is 0 Å². The van der Waals surface area contributed by atoms with E-state index < -0.39 is 0 Å². The fraction of sp³-hybridized carbons (Fsp3) is 0.125. The highest BCUT2D eigenvalue weighted by Crippen LogP contribution is 2.20. The van der Waals surface area contributed by atoms with Crippen LogP contribution in [0.25, 0.3) is 0 Å². The van der Waals surface area contributed by atoms with Crippen LogP contribution in [0.5, 0.6) is 5.75 Å². The van der Waals surface area contributed by atoms with Gasteiger partial charge in [-0.2, -0.15) is 0 Å². The van der Waals surface area contributed by atoms with Crippen molar-refractivity contribution in [1.29, 1.82) is 0 Å². The molecule has 1 aromatic carbocycles. The molecule has 11 heavy (non-hydrogen) atoms. The quantitative estimate of drug-likeness (QED) is 0.621. The van der Waals surface area contributed by atoms with Crippen LogP contribution in [0.4, 0.5) is 11.4 Å². The van der Waals surface area contributed by atoms with Crippen LogP contribution in [0.3, 0.4) is 0 Å². The lowest BCUT2D eigenvalue weighted by Gasteiger charge is -2.04. The van der Waals surface area contributed by atoms with Gasteiger partial charge < -0.3 is 16.2 Å². The summed E-state index contributed by atoms with van der Waals surface area (Å²) in [6.07, 6.45) is 0. The summed E-state index contributed by atoms with van der Waals surface area (Å²) in [5.74, 6) is 0.701. The molecule has 0 aliphatic carbocycles. The topological polar surface area (TPSA) is 61.3 Å².